The molecule has 0 atom stereocenters. The Morgan fingerprint density at radius 3 is 2.67 bits per heavy atom. The van der Waals surface area contributed by atoms with Crippen molar-refractivity contribution >= 4 is 5.91 Å². The molecule has 1 fully saturated rings. The first-order chi connectivity index (χ1) is 16.0. The summed E-state index contributed by atoms with van der Waals surface area (Å²) in [5, 5.41) is 2.57. The van der Waals surface area contributed by atoms with Crippen molar-refractivity contribution in [1.82, 2.24) is 10.3 Å². The number of oxazole rings is 1. The van der Waals surface area contributed by atoms with E-state index in [1.54, 1.807) is 25.3 Å². The molecule has 0 spiro atoms. The number of nitrogens with one attached hydrogen (secondary N) is 1. The molecule has 174 valence electrons. The van der Waals surface area contributed by atoms with Crippen LogP contribution in [0, 0.1) is 11.6 Å². The summed E-state index contributed by atoms with van der Waals surface area (Å²) in [6.45, 7) is -0.193. The first kappa shape index (κ1) is 22.7. The first-order valence-electron chi connectivity index (χ1n) is 10.8. The van der Waals surface area contributed by atoms with Gasteiger partial charge in [-0.1, -0.05) is 6.07 Å². The van der Waals surface area contributed by atoms with Crippen LogP contribution >= 0.6 is 0 Å². The van der Waals surface area contributed by atoms with Crippen molar-refractivity contribution < 1.29 is 27.5 Å². The summed E-state index contributed by atoms with van der Waals surface area (Å²) in [7, 11) is 1.57. The quantitative estimate of drug-likeness (QED) is 0.522. The topological polar surface area (TPSA) is 99.6 Å². The molecule has 1 aliphatic rings. The standard InChI is InChI=1S/C24H25F2N3O4/c1-31-19-9-7-14(10-20(19)32-17-4-2-3-5-17)24-29-22(21(12-27)33-24)23(30)28-13-15-6-8-16(25)11-18(15)26/h6-11,17H,2-5,12-13,27H2,1H3,(H,28,30). The van der Waals surface area contributed by atoms with Gasteiger partial charge in [-0.15, -0.1) is 0 Å². The van der Waals surface area contributed by atoms with Gasteiger partial charge in [-0.3, -0.25) is 4.79 Å². The van der Waals surface area contributed by atoms with E-state index >= 15 is 0 Å². The predicted molar refractivity (Wildman–Crippen MR) is 117 cm³/mol. The smallest absolute Gasteiger partial charge is 0.273 e. The van der Waals surface area contributed by atoms with E-state index in [4.69, 9.17) is 19.6 Å². The van der Waals surface area contributed by atoms with Gasteiger partial charge < -0.3 is 24.9 Å². The Hall–Kier alpha value is -3.46. The van der Waals surface area contributed by atoms with Crippen LogP contribution in [-0.2, 0) is 13.1 Å². The number of carbonyl (C=O) groups excluding carboxylic acids is 1. The molecule has 1 heterocycles. The highest BCUT2D eigenvalue weighted by molar-refractivity contribution is 5.93. The molecule has 3 N–H and O–H groups in total. The molecule has 0 radical (unpaired) electrons. The van der Waals surface area contributed by atoms with Gasteiger partial charge >= 0.3 is 0 Å². The maximum absolute atomic E-state index is 13.9. The molecule has 9 heteroatoms. The van der Waals surface area contributed by atoms with Crippen LogP contribution in [0.2, 0.25) is 0 Å². The van der Waals surface area contributed by atoms with E-state index in [-0.39, 0.29) is 42.1 Å². The zero-order valence-electron chi connectivity index (χ0n) is 18.2. The summed E-state index contributed by atoms with van der Waals surface area (Å²) in [6, 6.07) is 8.42. The molecule has 0 bridgehead atoms. The van der Waals surface area contributed by atoms with Crippen molar-refractivity contribution in [3.63, 3.8) is 0 Å². The molecule has 1 amide bonds. The minimum absolute atomic E-state index is 0.00380. The van der Waals surface area contributed by atoms with Gasteiger partial charge in [-0.05, 0) is 49.9 Å². The molecule has 1 aromatic heterocycles. The second kappa shape index (κ2) is 9.99. The van der Waals surface area contributed by atoms with Crippen LogP contribution < -0.4 is 20.5 Å². The minimum Gasteiger partial charge on any atom is -0.493 e. The van der Waals surface area contributed by atoms with Crippen molar-refractivity contribution in [1.29, 1.82) is 0 Å². The largest absolute Gasteiger partial charge is 0.493 e. The molecule has 1 aliphatic carbocycles. The van der Waals surface area contributed by atoms with Gasteiger partial charge in [0, 0.05) is 23.7 Å². The average molecular weight is 457 g/mol. The minimum atomic E-state index is -0.747. The maximum atomic E-state index is 13.9. The number of nitrogens with two attached hydrogens (primary N) is 1. The van der Waals surface area contributed by atoms with Crippen molar-refractivity contribution in [3.8, 4) is 23.0 Å². The predicted octanol–water partition coefficient (Wildman–Crippen LogP) is 4.34. The maximum Gasteiger partial charge on any atom is 0.273 e. The van der Waals surface area contributed by atoms with E-state index in [9.17, 15) is 13.6 Å². The second-order valence-corrected chi connectivity index (χ2v) is 7.80. The van der Waals surface area contributed by atoms with Gasteiger partial charge in [-0.25, -0.2) is 13.8 Å². The van der Waals surface area contributed by atoms with Crippen molar-refractivity contribution in [2.75, 3.05) is 7.11 Å². The molecular formula is C24H25F2N3O4. The molecule has 7 nitrogen and oxygen atoms in total. The molecular weight excluding hydrogens is 432 g/mol. The number of rotatable bonds is 8. The third kappa shape index (κ3) is 5.14. The second-order valence-electron chi connectivity index (χ2n) is 7.80. The number of benzene rings is 2. The van der Waals surface area contributed by atoms with E-state index in [0.717, 1.165) is 37.8 Å². The third-order valence-corrected chi connectivity index (χ3v) is 5.56. The highest BCUT2D eigenvalue weighted by Crippen LogP contribution is 2.35. The molecule has 0 saturated heterocycles. The Morgan fingerprint density at radius 1 is 1.18 bits per heavy atom. The Bertz CT molecular complexity index is 1140. The van der Waals surface area contributed by atoms with E-state index in [2.05, 4.69) is 10.3 Å². The number of ether oxygens (including phenoxy) is 2. The van der Waals surface area contributed by atoms with Crippen LogP contribution in [0.15, 0.2) is 40.8 Å². The van der Waals surface area contributed by atoms with Gasteiger partial charge in [-0.2, -0.15) is 0 Å². The van der Waals surface area contributed by atoms with Gasteiger partial charge in [0.15, 0.2) is 23.0 Å². The first-order valence-corrected chi connectivity index (χ1v) is 10.8. The van der Waals surface area contributed by atoms with Gasteiger partial charge in [0.1, 0.15) is 11.6 Å². The lowest BCUT2D eigenvalue weighted by atomic mass is 10.2. The molecule has 3 aromatic rings. The lowest BCUT2D eigenvalue weighted by Crippen LogP contribution is -2.25. The molecule has 33 heavy (non-hydrogen) atoms. The lowest BCUT2D eigenvalue weighted by Gasteiger charge is -2.16. The zero-order valence-corrected chi connectivity index (χ0v) is 18.2. The molecule has 0 aliphatic heterocycles. The summed E-state index contributed by atoms with van der Waals surface area (Å²) >= 11 is 0. The summed E-state index contributed by atoms with van der Waals surface area (Å²) in [6.07, 6.45) is 4.37. The summed E-state index contributed by atoms with van der Waals surface area (Å²) < 4.78 is 44.2. The number of halogens is 2. The fourth-order valence-corrected chi connectivity index (χ4v) is 3.80. The van der Waals surface area contributed by atoms with Crippen molar-refractivity contribution in [3.05, 3.63) is 65.1 Å². The Labute approximate surface area is 189 Å². The van der Waals surface area contributed by atoms with Gasteiger partial charge in [0.2, 0.25) is 5.89 Å². The number of methoxy groups -OCH3 is 1. The van der Waals surface area contributed by atoms with Crippen LogP contribution in [0.3, 0.4) is 0 Å². The van der Waals surface area contributed by atoms with Crippen LogP contribution in [0.25, 0.3) is 11.5 Å². The SMILES string of the molecule is COc1ccc(-c2nc(C(=O)NCc3ccc(F)cc3F)c(CN)o2)cc1OC1CCCC1. The van der Waals surface area contributed by atoms with Crippen LogP contribution in [0.4, 0.5) is 8.78 Å². The van der Waals surface area contributed by atoms with Crippen molar-refractivity contribution in [2.45, 2.75) is 44.9 Å². The molecule has 1 saturated carbocycles. The highest BCUT2D eigenvalue weighted by Gasteiger charge is 2.23. The zero-order chi connectivity index (χ0) is 23.4. The van der Waals surface area contributed by atoms with Crippen LogP contribution in [0.1, 0.15) is 47.5 Å². The number of carbonyl (C=O) groups is 1. The van der Waals surface area contributed by atoms with Gasteiger partial charge in [0.05, 0.1) is 19.8 Å². The summed E-state index contributed by atoms with van der Waals surface area (Å²) in [4.78, 5) is 17.0. The molecule has 2 aromatic carbocycles. The van der Waals surface area contributed by atoms with E-state index < -0.39 is 17.5 Å². The van der Waals surface area contributed by atoms with E-state index in [1.165, 1.54) is 6.07 Å². The summed E-state index contributed by atoms with van der Waals surface area (Å²) in [5.41, 5.74) is 6.50. The number of aromatic nitrogens is 1. The van der Waals surface area contributed by atoms with Gasteiger partial charge in [0.25, 0.3) is 5.91 Å². The van der Waals surface area contributed by atoms with Crippen LogP contribution in [-0.4, -0.2) is 24.1 Å². The number of amides is 1. The summed E-state index contributed by atoms with van der Waals surface area (Å²) in [5.74, 6) is -0.454. The number of hydrogen-bond acceptors (Lipinski definition) is 6. The van der Waals surface area contributed by atoms with Crippen molar-refractivity contribution in [2.24, 2.45) is 5.73 Å². The fraction of sp³-hybridized carbons (Fsp3) is 0.333. The Kier molecular flexibility index (Phi) is 6.88. The normalized spacial score (nSPS) is 13.8. The average Bonchev–Trinajstić information content (AvgIpc) is 3.48. The third-order valence-electron chi connectivity index (χ3n) is 5.56. The number of nitrogens with zero attached hydrogens (tertiary/aromatic N) is 1. The fourth-order valence-electron chi connectivity index (χ4n) is 3.80. The molecule has 0 unspecified atom stereocenters. The monoisotopic (exact) mass is 457 g/mol. The Morgan fingerprint density at radius 2 is 1.97 bits per heavy atom. The number of hydrogen-bond donors (Lipinski definition) is 2. The van der Waals surface area contributed by atoms with E-state index in [0.29, 0.717) is 17.1 Å². The van der Waals surface area contributed by atoms with Crippen LogP contribution in [0.5, 0.6) is 11.5 Å². The lowest BCUT2D eigenvalue weighted by molar-refractivity contribution is 0.0944. The van der Waals surface area contributed by atoms with E-state index in [1.807, 2.05) is 0 Å². The Balaban J connectivity index is 1.54. The molecule has 4 rings (SSSR count). The highest BCUT2D eigenvalue weighted by atomic mass is 19.1.